The Hall–Kier alpha value is -1.71. The van der Waals surface area contributed by atoms with Gasteiger partial charge in [-0.25, -0.2) is 4.98 Å². The minimum absolute atomic E-state index is 0.344. The zero-order chi connectivity index (χ0) is 12.4. The van der Waals surface area contributed by atoms with Gasteiger partial charge < -0.3 is 15.0 Å². The van der Waals surface area contributed by atoms with Gasteiger partial charge in [0.15, 0.2) is 0 Å². The highest BCUT2D eigenvalue weighted by Gasteiger charge is 2.15. The zero-order valence-corrected chi connectivity index (χ0v) is 10.6. The second-order valence-corrected chi connectivity index (χ2v) is 4.15. The van der Waals surface area contributed by atoms with Crippen LogP contribution >= 0.6 is 0 Å². The highest BCUT2D eigenvalue weighted by molar-refractivity contribution is 5.84. The van der Waals surface area contributed by atoms with Crippen molar-refractivity contribution in [2.45, 2.75) is 33.2 Å². The lowest BCUT2D eigenvalue weighted by Gasteiger charge is -2.13. The van der Waals surface area contributed by atoms with Crippen LogP contribution in [-0.2, 0) is 0 Å². The molecule has 0 fully saturated rings. The van der Waals surface area contributed by atoms with E-state index in [0.29, 0.717) is 18.6 Å². The number of hydrogen-bond acceptors (Lipinski definition) is 3. The van der Waals surface area contributed by atoms with Crippen molar-refractivity contribution in [3.8, 4) is 5.75 Å². The molecule has 17 heavy (non-hydrogen) atoms. The summed E-state index contributed by atoms with van der Waals surface area (Å²) in [5.41, 5.74) is 7.89. The van der Waals surface area contributed by atoms with Crippen LogP contribution < -0.4 is 10.5 Å². The van der Waals surface area contributed by atoms with Crippen LogP contribution in [0, 0.1) is 0 Å². The van der Waals surface area contributed by atoms with E-state index in [1.54, 1.807) is 0 Å². The van der Waals surface area contributed by atoms with Gasteiger partial charge in [0.1, 0.15) is 11.3 Å². The normalized spacial score (nSPS) is 12.9. The third-order valence-corrected chi connectivity index (χ3v) is 3.04. The van der Waals surface area contributed by atoms with Gasteiger partial charge in [-0.3, -0.25) is 0 Å². The molecular weight excluding hydrogens is 214 g/mol. The number of ether oxygens (including phenoxy) is 1. The SMILES string of the molecule is CCOc1cccc2c1nc(N)n2C(C)CC. The molecule has 0 amide bonds. The molecule has 1 atom stereocenters. The van der Waals surface area contributed by atoms with E-state index >= 15 is 0 Å². The maximum Gasteiger partial charge on any atom is 0.201 e. The second-order valence-electron chi connectivity index (χ2n) is 4.15. The number of benzene rings is 1. The summed E-state index contributed by atoms with van der Waals surface area (Å²) >= 11 is 0. The molecule has 0 saturated carbocycles. The van der Waals surface area contributed by atoms with Crippen molar-refractivity contribution in [3.05, 3.63) is 18.2 Å². The van der Waals surface area contributed by atoms with Crippen molar-refractivity contribution in [2.75, 3.05) is 12.3 Å². The van der Waals surface area contributed by atoms with E-state index in [4.69, 9.17) is 10.5 Å². The molecule has 4 nitrogen and oxygen atoms in total. The fourth-order valence-electron chi connectivity index (χ4n) is 2.03. The summed E-state index contributed by atoms with van der Waals surface area (Å²) in [7, 11) is 0. The highest BCUT2D eigenvalue weighted by atomic mass is 16.5. The van der Waals surface area contributed by atoms with E-state index in [-0.39, 0.29) is 0 Å². The lowest BCUT2D eigenvalue weighted by atomic mass is 10.2. The molecule has 0 aliphatic carbocycles. The number of hydrogen-bond donors (Lipinski definition) is 1. The number of fused-ring (bicyclic) bond motifs is 1. The standard InChI is InChI=1S/C13H19N3O/c1-4-9(3)16-10-7-6-8-11(17-5-2)12(10)15-13(16)14/h6-9H,4-5H2,1-3H3,(H2,14,15). The maximum absolute atomic E-state index is 5.99. The molecule has 0 aliphatic rings. The first-order valence-electron chi connectivity index (χ1n) is 6.08. The molecule has 2 aromatic rings. The van der Waals surface area contributed by atoms with Crippen LogP contribution in [0.3, 0.4) is 0 Å². The van der Waals surface area contributed by atoms with Crippen LogP contribution in [0.1, 0.15) is 33.2 Å². The highest BCUT2D eigenvalue weighted by Crippen LogP contribution is 2.30. The Morgan fingerprint density at radius 1 is 1.41 bits per heavy atom. The minimum atomic E-state index is 0.344. The Balaban J connectivity index is 2.63. The number of nitrogens with two attached hydrogens (primary N) is 1. The quantitative estimate of drug-likeness (QED) is 0.883. The van der Waals surface area contributed by atoms with Crippen LogP contribution in [-0.4, -0.2) is 16.2 Å². The van der Waals surface area contributed by atoms with Gasteiger partial charge in [0.05, 0.1) is 12.1 Å². The molecule has 0 saturated heterocycles. The van der Waals surface area contributed by atoms with Crippen LogP contribution in [0.15, 0.2) is 18.2 Å². The van der Waals surface area contributed by atoms with Crippen LogP contribution in [0.2, 0.25) is 0 Å². The third kappa shape index (κ3) is 1.95. The van der Waals surface area contributed by atoms with Crippen LogP contribution in [0.4, 0.5) is 5.95 Å². The molecule has 4 heteroatoms. The van der Waals surface area contributed by atoms with Crippen molar-refractivity contribution in [2.24, 2.45) is 0 Å². The van der Waals surface area contributed by atoms with Gasteiger partial charge in [0.2, 0.25) is 5.95 Å². The molecule has 1 heterocycles. The van der Waals surface area contributed by atoms with Gasteiger partial charge >= 0.3 is 0 Å². The molecule has 0 bridgehead atoms. The van der Waals surface area contributed by atoms with E-state index in [1.807, 2.05) is 25.1 Å². The van der Waals surface area contributed by atoms with Gasteiger partial charge in [-0.2, -0.15) is 0 Å². The molecule has 2 N–H and O–H groups in total. The summed E-state index contributed by atoms with van der Waals surface area (Å²) in [6.45, 7) is 6.89. The summed E-state index contributed by atoms with van der Waals surface area (Å²) in [6.07, 6.45) is 1.02. The van der Waals surface area contributed by atoms with Gasteiger partial charge in [-0.1, -0.05) is 13.0 Å². The lowest BCUT2D eigenvalue weighted by Crippen LogP contribution is -2.07. The molecule has 1 unspecified atom stereocenters. The van der Waals surface area contributed by atoms with Gasteiger partial charge in [-0.05, 0) is 32.4 Å². The fraction of sp³-hybridized carbons (Fsp3) is 0.462. The average molecular weight is 233 g/mol. The Bertz CT molecular complexity index is 519. The van der Waals surface area contributed by atoms with E-state index in [9.17, 15) is 0 Å². The summed E-state index contributed by atoms with van der Waals surface area (Å²) in [6, 6.07) is 6.29. The van der Waals surface area contributed by atoms with Gasteiger partial charge in [-0.15, -0.1) is 0 Å². The monoisotopic (exact) mass is 233 g/mol. The molecule has 0 radical (unpaired) electrons. The number of nitrogen functional groups attached to an aromatic ring is 1. The number of anilines is 1. The largest absolute Gasteiger partial charge is 0.492 e. The summed E-state index contributed by atoms with van der Waals surface area (Å²) in [5.74, 6) is 1.36. The summed E-state index contributed by atoms with van der Waals surface area (Å²) < 4.78 is 7.64. The smallest absolute Gasteiger partial charge is 0.201 e. The molecule has 1 aromatic carbocycles. The van der Waals surface area contributed by atoms with Crippen molar-refractivity contribution < 1.29 is 4.74 Å². The van der Waals surface area contributed by atoms with E-state index in [1.165, 1.54) is 0 Å². The summed E-state index contributed by atoms with van der Waals surface area (Å²) in [4.78, 5) is 4.42. The Morgan fingerprint density at radius 3 is 2.82 bits per heavy atom. The van der Waals surface area contributed by atoms with Crippen LogP contribution in [0.25, 0.3) is 11.0 Å². The Kier molecular flexibility index (Phi) is 3.22. The van der Waals surface area contributed by atoms with E-state index in [0.717, 1.165) is 23.2 Å². The molecular formula is C13H19N3O. The van der Waals surface area contributed by atoms with Crippen molar-refractivity contribution in [1.29, 1.82) is 0 Å². The number of aromatic nitrogens is 2. The fourth-order valence-corrected chi connectivity index (χ4v) is 2.03. The Labute approximate surface area is 101 Å². The van der Waals surface area contributed by atoms with Crippen molar-refractivity contribution in [1.82, 2.24) is 9.55 Å². The summed E-state index contributed by atoms with van der Waals surface area (Å²) in [5, 5.41) is 0. The minimum Gasteiger partial charge on any atom is -0.492 e. The molecule has 92 valence electrons. The Morgan fingerprint density at radius 2 is 2.18 bits per heavy atom. The molecule has 1 aromatic heterocycles. The van der Waals surface area contributed by atoms with E-state index < -0.39 is 0 Å². The van der Waals surface area contributed by atoms with Crippen LogP contribution in [0.5, 0.6) is 5.75 Å². The van der Waals surface area contributed by atoms with Crippen molar-refractivity contribution in [3.63, 3.8) is 0 Å². The number of para-hydroxylation sites is 1. The van der Waals surface area contributed by atoms with E-state index in [2.05, 4.69) is 23.4 Å². The maximum atomic E-state index is 5.99. The lowest BCUT2D eigenvalue weighted by molar-refractivity contribution is 0.343. The zero-order valence-electron chi connectivity index (χ0n) is 10.6. The molecule has 0 aliphatic heterocycles. The topological polar surface area (TPSA) is 53.1 Å². The number of rotatable bonds is 4. The first-order valence-corrected chi connectivity index (χ1v) is 6.08. The number of nitrogens with zero attached hydrogens (tertiary/aromatic N) is 2. The molecule has 0 spiro atoms. The third-order valence-electron chi connectivity index (χ3n) is 3.04. The van der Waals surface area contributed by atoms with Gasteiger partial charge in [0, 0.05) is 6.04 Å². The predicted molar refractivity (Wildman–Crippen MR) is 70.3 cm³/mol. The molecule has 2 rings (SSSR count). The number of imidazole rings is 1. The predicted octanol–water partition coefficient (Wildman–Crippen LogP) is 2.99. The van der Waals surface area contributed by atoms with Crippen molar-refractivity contribution >= 4 is 17.0 Å². The first-order chi connectivity index (χ1) is 8.19. The second kappa shape index (κ2) is 4.65. The van der Waals surface area contributed by atoms with Gasteiger partial charge in [0.25, 0.3) is 0 Å². The first kappa shape index (κ1) is 11.8. The average Bonchev–Trinajstić information content (AvgIpc) is 2.66.